The first-order valence-electron chi connectivity index (χ1n) is 8.36. The summed E-state index contributed by atoms with van der Waals surface area (Å²) >= 11 is 1.49. The highest BCUT2D eigenvalue weighted by molar-refractivity contribution is 7.98. The zero-order valence-electron chi connectivity index (χ0n) is 13.9. The average molecular weight is 384 g/mol. The third-order valence-electron chi connectivity index (χ3n) is 4.46. The van der Waals surface area contributed by atoms with Gasteiger partial charge in [0.25, 0.3) is 5.91 Å². The normalized spacial score (nSPS) is 20.7. The van der Waals surface area contributed by atoms with Gasteiger partial charge in [0.2, 0.25) is 0 Å². The summed E-state index contributed by atoms with van der Waals surface area (Å²) in [5, 5.41) is 9.98. The number of hydrogen-bond acceptors (Lipinski definition) is 4. The van der Waals surface area contributed by atoms with Crippen LogP contribution in [0.4, 0.5) is 13.2 Å². The van der Waals surface area contributed by atoms with Gasteiger partial charge >= 0.3 is 6.18 Å². The molecule has 1 aliphatic carbocycles. The van der Waals surface area contributed by atoms with E-state index < -0.39 is 18.1 Å². The van der Waals surface area contributed by atoms with Crippen molar-refractivity contribution < 1.29 is 18.0 Å². The topological polar surface area (TPSA) is 70.7 Å². The molecule has 0 radical (unpaired) electrons. The Hall–Kier alpha value is -2.03. The van der Waals surface area contributed by atoms with E-state index in [4.69, 9.17) is 0 Å². The van der Waals surface area contributed by atoms with Crippen LogP contribution in [0.15, 0.2) is 35.7 Å². The van der Waals surface area contributed by atoms with Crippen LogP contribution in [-0.4, -0.2) is 33.3 Å². The molecule has 1 saturated carbocycles. The van der Waals surface area contributed by atoms with Crippen LogP contribution in [-0.2, 0) is 5.75 Å². The molecule has 0 bridgehead atoms. The van der Waals surface area contributed by atoms with Crippen molar-refractivity contribution >= 4 is 17.7 Å². The summed E-state index contributed by atoms with van der Waals surface area (Å²) in [5.41, 5.74) is 1.46. The van der Waals surface area contributed by atoms with Gasteiger partial charge in [0.1, 0.15) is 6.33 Å². The van der Waals surface area contributed by atoms with Gasteiger partial charge < -0.3 is 5.32 Å². The molecule has 2 aromatic rings. The van der Waals surface area contributed by atoms with E-state index in [1.54, 1.807) is 12.1 Å². The second kappa shape index (κ2) is 8.11. The second-order valence-corrected chi connectivity index (χ2v) is 7.32. The molecule has 1 aromatic heterocycles. The molecule has 1 amide bonds. The van der Waals surface area contributed by atoms with E-state index in [2.05, 4.69) is 20.5 Å². The van der Waals surface area contributed by atoms with Crippen LogP contribution >= 0.6 is 11.8 Å². The monoisotopic (exact) mass is 384 g/mol. The van der Waals surface area contributed by atoms with Crippen LogP contribution < -0.4 is 5.32 Å². The van der Waals surface area contributed by atoms with Crippen LogP contribution in [0, 0.1) is 5.92 Å². The Kier molecular flexibility index (Phi) is 5.85. The largest absolute Gasteiger partial charge is 0.391 e. The molecule has 1 aromatic carbocycles. The molecule has 1 heterocycles. The molecule has 1 fully saturated rings. The Bertz CT molecular complexity index is 719. The van der Waals surface area contributed by atoms with Gasteiger partial charge in [-0.15, -0.1) is 0 Å². The van der Waals surface area contributed by atoms with Crippen molar-refractivity contribution in [2.75, 3.05) is 0 Å². The number of H-pyrrole nitrogens is 1. The van der Waals surface area contributed by atoms with Gasteiger partial charge in [0, 0.05) is 17.4 Å². The SMILES string of the molecule is O=C(N[C@@H]1CCC[C@H](C(F)(F)F)C1)c1ccc(CSc2ncn[nH]2)cc1. The number of nitrogens with zero attached hydrogens (tertiary/aromatic N) is 2. The molecular weight excluding hydrogens is 365 g/mol. The molecule has 0 saturated heterocycles. The van der Waals surface area contributed by atoms with Gasteiger partial charge in [0.05, 0.1) is 5.92 Å². The summed E-state index contributed by atoms with van der Waals surface area (Å²) in [7, 11) is 0. The van der Waals surface area contributed by atoms with Crippen molar-refractivity contribution in [3.05, 3.63) is 41.7 Å². The molecule has 3 rings (SSSR count). The van der Waals surface area contributed by atoms with E-state index in [0.29, 0.717) is 29.3 Å². The summed E-state index contributed by atoms with van der Waals surface area (Å²) in [6.07, 6.45) is -1.58. The molecule has 140 valence electrons. The number of rotatable bonds is 5. The predicted octanol–water partition coefficient (Wildman–Crippen LogP) is 3.95. The molecule has 1 aliphatic rings. The highest BCUT2D eigenvalue weighted by Crippen LogP contribution is 2.37. The van der Waals surface area contributed by atoms with Crippen LogP contribution in [0.1, 0.15) is 41.6 Å². The van der Waals surface area contributed by atoms with Gasteiger partial charge in [-0.25, -0.2) is 4.98 Å². The second-order valence-electron chi connectivity index (χ2n) is 6.35. The van der Waals surface area contributed by atoms with E-state index in [1.807, 2.05) is 12.1 Å². The van der Waals surface area contributed by atoms with E-state index in [9.17, 15) is 18.0 Å². The molecule has 0 unspecified atom stereocenters. The highest BCUT2D eigenvalue weighted by Gasteiger charge is 2.42. The molecule has 2 N–H and O–H groups in total. The first-order chi connectivity index (χ1) is 12.4. The average Bonchev–Trinajstić information content (AvgIpc) is 3.13. The van der Waals surface area contributed by atoms with Crippen LogP contribution in [0.5, 0.6) is 0 Å². The zero-order valence-corrected chi connectivity index (χ0v) is 14.7. The Labute approximate surface area is 153 Å². The predicted molar refractivity (Wildman–Crippen MR) is 91.7 cm³/mol. The first-order valence-corrected chi connectivity index (χ1v) is 9.35. The van der Waals surface area contributed by atoms with Gasteiger partial charge in [-0.2, -0.15) is 18.3 Å². The third-order valence-corrected chi connectivity index (χ3v) is 5.40. The van der Waals surface area contributed by atoms with Crippen LogP contribution in [0.2, 0.25) is 0 Å². The summed E-state index contributed by atoms with van der Waals surface area (Å²) in [6.45, 7) is 0. The van der Waals surface area contributed by atoms with Gasteiger partial charge in [-0.3, -0.25) is 9.89 Å². The van der Waals surface area contributed by atoms with E-state index in [0.717, 1.165) is 5.56 Å². The quantitative estimate of drug-likeness (QED) is 0.766. The van der Waals surface area contributed by atoms with Crippen molar-refractivity contribution in [2.24, 2.45) is 5.92 Å². The fourth-order valence-electron chi connectivity index (χ4n) is 3.05. The number of halogens is 3. The van der Waals surface area contributed by atoms with Crippen LogP contribution in [0.25, 0.3) is 0 Å². The Morgan fingerprint density at radius 1 is 1.27 bits per heavy atom. The minimum absolute atomic E-state index is 0.0405. The summed E-state index contributed by atoms with van der Waals surface area (Å²) in [4.78, 5) is 16.3. The summed E-state index contributed by atoms with van der Waals surface area (Å²) in [6, 6.07) is 6.62. The van der Waals surface area contributed by atoms with Gasteiger partial charge in [0.15, 0.2) is 5.16 Å². The fraction of sp³-hybridized carbons (Fsp3) is 0.471. The van der Waals surface area contributed by atoms with Crippen molar-refractivity contribution in [3.63, 3.8) is 0 Å². The fourth-order valence-corrected chi connectivity index (χ4v) is 3.79. The number of alkyl halides is 3. The van der Waals surface area contributed by atoms with E-state index in [-0.39, 0.29) is 18.7 Å². The molecule has 26 heavy (non-hydrogen) atoms. The summed E-state index contributed by atoms with van der Waals surface area (Å²) in [5.74, 6) is -0.975. The van der Waals surface area contributed by atoms with Crippen molar-refractivity contribution in [2.45, 2.75) is 48.8 Å². The minimum atomic E-state index is -4.19. The van der Waals surface area contributed by atoms with Crippen molar-refractivity contribution in [3.8, 4) is 0 Å². The highest BCUT2D eigenvalue weighted by atomic mass is 32.2. The Morgan fingerprint density at radius 3 is 2.69 bits per heavy atom. The smallest absolute Gasteiger partial charge is 0.349 e. The molecule has 9 heteroatoms. The number of amides is 1. The number of aromatic amines is 1. The maximum Gasteiger partial charge on any atom is 0.391 e. The third kappa shape index (κ3) is 5.00. The first kappa shape index (κ1) is 18.8. The number of benzene rings is 1. The van der Waals surface area contributed by atoms with E-state index >= 15 is 0 Å². The van der Waals surface area contributed by atoms with Gasteiger partial charge in [-0.1, -0.05) is 30.3 Å². The summed E-state index contributed by atoms with van der Waals surface area (Å²) < 4.78 is 38.6. The molecule has 0 aliphatic heterocycles. The Balaban J connectivity index is 1.53. The number of carbonyl (C=O) groups is 1. The lowest BCUT2D eigenvalue weighted by Gasteiger charge is -2.31. The van der Waals surface area contributed by atoms with Gasteiger partial charge in [-0.05, 0) is 37.0 Å². The number of carbonyl (C=O) groups excluding carboxylic acids is 1. The number of aromatic nitrogens is 3. The number of hydrogen-bond donors (Lipinski definition) is 2. The molecule has 2 atom stereocenters. The minimum Gasteiger partial charge on any atom is -0.349 e. The van der Waals surface area contributed by atoms with E-state index in [1.165, 1.54) is 18.1 Å². The maximum atomic E-state index is 12.9. The number of thioether (sulfide) groups is 1. The standard InChI is InChI=1S/C17H19F3N4OS/c18-17(19,20)13-2-1-3-14(8-13)23-15(25)12-6-4-11(5-7-12)9-26-16-21-10-22-24-16/h4-7,10,13-14H,1-3,8-9H2,(H,23,25)(H,21,22,24)/t13-,14+/m0/s1. The maximum absolute atomic E-state index is 12.9. The lowest BCUT2D eigenvalue weighted by molar-refractivity contribution is -0.183. The zero-order chi connectivity index (χ0) is 18.6. The van der Waals surface area contributed by atoms with Crippen molar-refractivity contribution in [1.82, 2.24) is 20.5 Å². The molecule has 5 nitrogen and oxygen atoms in total. The van der Waals surface area contributed by atoms with Crippen molar-refractivity contribution in [1.29, 1.82) is 0 Å². The lowest BCUT2D eigenvalue weighted by atomic mass is 9.85. The molecule has 0 spiro atoms. The van der Waals surface area contributed by atoms with Crippen LogP contribution in [0.3, 0.4) is 0 Å². The molecular formula is C17H19F3N4OS. The number of nitrogens with one attached hydrogen (secondary N) is 2. The lowest BCUT2D eigenvalue weighted by Crippen LogP contribution is -2.41. The Morgan fingerprint density at radius 2 is 2.04 bits per heavy atom.